The fraction of sp³-hybridized carbons (Fsp3) is 0.316. The van der Waals surface area contributed by atoms with E-state index in [0.29, 0.717) is 17.8 Å². The van der Waals surface area contributed by atoms with Gasteiger partial charge >= 0.3 is 0 Å². The summed E-state index contributed by atoms with van der Waals surface area (Å²) in [6.07, 6.45) is 1.60. The Morgan fingerprint density at radius 1 is 1.16 bits per heavy atom. The molecule has 1 aromatic carbocycles. The van der Waals surface area contributed by atoms with Gasteiger partial charge in [0.05, 0.1) is 0 Å². The van der Waals surface area contributed by atoms with Gasteiger partial charge in [0, 0.05) is 37.1 Å². The molecule has 1 aliphatic heterocycles. The van der Waals surface area contributed by atoms with Gasteiger partial charge in [0.25, 0.3) is 11.5 Å². The van der Waals surface area contributed by atoms with Gasteiger partial charge in [-0.05, 0) is 23.6 Å². The zero-order valence-electron chi connectivity index (χ0n) is 14.5. The summed E-state index contributed by atoms with van der Waals surface area (Å²) in [6.45, 7) is 4.23. The van der Waals surface area contributed by atoms with Crippen LogP contribution in [-0.4, -0.2) is 27.3 Å². The minimum atomic E-state index is -0.607. The minimum Gasteiger partial charge on any atom is -0.324 e. The third-order valence-electron chi connectivity index (χ3n) is 4.46. The fourth-order valence-corrected chi connectivity index (χ4v) is 3.15. The molecular weight excluding hydrogens is 318 g/mol. The average Bonchev–Trinajstić information content (AvgIpc) is 2.88. The van der Waals surface area contributed by atoms with E-state index in [1.165, 1.54) is 10.6 Å². The molecule has 0 saturated carbocycles. The van der Waals surface area contributed by atoms with Crippen molar-refractivity contribution in [2.24, 2.45) is 13.0 Å². The first-order valence-corrected chi connectivity index (χ1v) is 8.25. The van der Waals surface area contributed by atoms with Crippen LogP contribution in [0, 0.1) is 5.92 Å². The third-order valence-corrected chi connectivity index (χ3v) is 4.46. The standard InChI is InChI=1S/C19H21N3O3/c1-12(2)17(18(24)20-14-8-9-21(3)16(23)10-14)22-11-13-6-4-5-7-15(13)19(22)25/h4-10,12,17H,11H2,1-3H3,(H,20,24)/t17-/m1/s1. The highest BCUT2D eigenvalue weighted by atomic mass is 16.2. The van der Waals surface area contributed by atoms with Crippen LogP contribution >= 0.6 is 0 Å². The van der Waals surface area contributed by atoms with Gasteiger partial charge in [0.15, 0.2) is 0 Å². The molecule has 0 fully saturated rings. The number of anilines is 1. The number of nitrogens with one attached hydrogen (secondary N) is 1. The van der Waals surface area contributed by atoms with Crippen LogP contribution in [0.4, 0.5) is 5.69 Å². The molecule has 2 aromatic rings. The third kappa shape index (κ3) is 3.20. The molecule has 0 bridgehead atoms. The van der Waals surface area contributed by atoms with Crippen molar-refractivity contribution in [2.75, 3.05) is 5.32 Å². The lowest BCUT2D eigenvalue weighted by Gasteiger charge is -2.29. The first-order chi connectivity index (χ1) is 11.9. The molecular formula is C19H21N3O3. The Morgan fingerprint density at radius 2 is 1.88 bits per heavy atom. The number of rotatable bonds is 4. The Balaban J connectivity index is 1.84. The van der Waals surface area contributed by atoms with Crippen LogP contribution in [0.15, 0.2) is 47.4 Å². The van der Waals surface area contributed by atoms with Gasteiger partial charge < -0.3 is 14.8 Å². The summed E-state index contributed by atoms with van der Waals surface area (Å²) in [6, 6.07) is 9.83. The van der Waals surface area contributed by atoms with E-state index < -0.39 is 6.04 Å². The molecule has 25 heavy (non-hydrogen) atoms. The van der Waals surface area contributed by atoms with Gasteiger partial charge in [0.2, 0.25) is 5.91 Å². The SMILES string of the molecule is CC(C)[C@H](C(=O)Nc1ccn(C)c(=O)c1)N1Cc2ccccc2C1=O. The number of aromatic nitrogens is 1. The molecule has 0 radical (unpaired) electrons. The average molecular weight is 339 g/mol. The highest BCUT2D eigenvalue weighted by Gasteiger charge is 2.37. The maximum atomic E-state index is 12.8. The number of pyridine rings is 1. The second-order valence-electron chi connectivity index (χ2n) is 6.63. The van der Waals surface area contributed by atoms with Crippen molar-refractivity contribution >= 4 is 17.5 Å². The van der Waals surface area contributed by atoms with Crippen molar-refractivity contribution in [3.05, 3.63) is 64.1 Å². The van der Waals surface area contributed by atoms with E-state index >= 15 is 0 Å². The van der Waals surface area contributed by atoms with Gasteiger partial charge in [0.1, 0.15) is 6.04 Å². The number of benzene rings is 1. The van der Waals surface area contributed by atoms with Crippen LogP contribution in [0.2, 0.25) is 0 Å². The van der Waals surface area contributed by atoms with Gasteiger partial charge in [-0.3, -0.25) is 14.4 Å². The normalized spacial score (nSPS) is 14.6. The first kappa shape index (κ1) is 17.0. The molecule has 1 atom stereocenters. The maximum absolute atomic E-state index is 12.8. The molecule has 1 aliphatic rings. The molecule has 1 aromatic heterocycles. The number of hydrogen-bond acceptors (Lipinski definition) is 3. The van der Waals surface area contributed by atoms with Crippen LogP contribution in [0.25, 0.3) is 0 Å². The Morgan fingerprint density at radius 3 is 2.52 bits per heavy atom. The topological polar surface area (TPSA) is 71.4 Å². The van der Waals surface area contributed by atoms with E-state index in [1.807, 2.05) is 32.0 Å². The maximum Gasteiger partial charge on any atom is 0.255 e. The zero-order valence-corrected chi connectivity index (χ0v) is 14.5. The van der Waals surface area contributed by atoms with Crippen LogP contribution in [-0.2, 0) is 18.4 Å². The molecule has 3 rings (SSSR count). The number of fused-ring (bicyclic) bond motifs is 1. The number of hydrogen-bond donors (Lipinski definition) is 1. The van der Waals surface area contributed by atoms with E-state index in [9.17, 15) is 14.4 Å². The molecule has 2 amide bonds. The fourth-order valence-electron chi connectivity index (χ4n) is 3.15. The van der Waals surface area contributed by atoms with Crippen LogP contribution in [0.1, 0.15) is 29.8 Å². The first-order valence-electron chi connectivity index (χ1n) is 8.25. The van der Waals surface area contributed by atoms with E-state index in [1.54, 1.807) is 30.3 Å². The molecule has 6 nitrogen and oxygen atoms in total. The monoisotopic (exact) mass is 339 g/mol. The largest absolute Gasteiger partial charge is 0.324 e. The lowest BCUT2D eigenvalue weighted by Crippen LogP contribution is -2.47. The highest BCUT2D eigenvalue weighted by molar-refractivity contribution is 6.03. The van der Waals surface area contributed by atoms with Crippen molar-refractivity contribution in [3.63, 3.8) is 0 Å². The lowest BCUT2D eigenvalue weighted by molar-refractivity contribution is -0.122. The Bertz CT molecular complexity index is 885. The summed E-state index contributed by atoms with van der Waals surface area (Å²) in [5.74, 6) is -0.484. The molecule has 130 valence electrons. The summed E-state index contributed by atoms with van der Waals surface area (Å²) >= 11 is 0. The van der Waals surface area contributed by atoms with E-state index in [0.717, 1.165) is 5.56 Å². The zero-order chi connectivity index (χ0) is 18.1. The molecule has 0 unspecified atom stereocenters. The van der Waals surface area contributed by atoms with Crippen molar-refractivity contribution < 1.29 is 9.59 Å². The van der Waals surface area contributed by atoms with E-state index in [4.69, 9.17) is 0 Å². The number of amides is 2. The van der Waals surface area contributed by atoms with E-state index in [2.05, 4.69) is 5.32 Å². The van der Waals surface area contributed by atoms with Crippen molar-refractivity contribution in [2.45, 2.75) is 26.4 Å². The molecule has 1 N–H and O–H groups in total. The smallest absolute Gasteiger partial charge is 0.255 e. The Labute approximate surface area is 146 Å². The highest BCUT2D eigenvalue weighted by Crippen LogP contribution is 2.27. The number of carbonyl (C=O) groups excluding carboxylic acids is 2. The number of carbonyl (C=O) groups is 2. The summed E-state index contributed by atoms with van der Waals surface area (Å²) in [4.78, 5) is 38.8. The Kier molecular flexibility index (Phi) is 4.44. The second kappa shape index (κ2) is 6.55. The summed E-state index contributed by atoms with van der Waals surface area (Å²) in [5, 5.41) is 2.77. The predicted octanol–water partition coefficient (Wildman–Crippen LogP) is 2.00. The Hall–Kier alpha value is -2.89. The molecule has 2 heterocycles. The summed E-state index contributed by atoms with van der Waals surface area (Å²) in [5.41, 5.74) is 1.81. The van der Waals surface area contributed by atoms with E-state index in [-0.39, 0.29) is 23.3 Å². The molecule has 0 spiro atoms. The summed E-state index contributed by atoms with van der Waals surface area (Å²) < 4.78 is 1.43. The van der Waals surface area contributed by atoms with Crippen LogP contribution < -0.4 is 10.9 Å². The quantitative estimate of drug-likeness (QED) is 0.926. The van der Waals surface area contributed by atoms with Gasteiger partial charge in [-0.1, -0.05) is 32.0 Å². The number of aryl methyl sites for hydroxylation is 1. The van der Waals surface area contributed by atoms with Crippen LogP contribution in [0.5, 0.6) is 0 Å². The number of nitrogens with zero attached hydrogens (tertiary/aromatic N) is 2. The summed E-state index contributed by atoms with van der Waals surface area (Å²) in [7, 11) is 1.64. The van der Waals surface area contributed by atoms with Gasteiger partial charge in [-0.2, -0.15) is 0 Å². The lowest BCUT2D eigenvalue weighted by atomic mass is 10.0. The van der Waals surface area contributed by atoms with Crippen molar-refractivity contribution in [1.82, 2.24) is 9.47 Å². The molecule has 0 saturated heterocycles. The van der Waals surface area contributed by atoms with Gasteiger partial charge in [-0.15, -0.1) is 0 Å². The molecule has 6 heteroatoms. The van der Waals surface area contributed by atoms with Crippen LogP contribution in [0.3, 0.4) is 0 Å². The predicted molar refractivity (Wildman–Crippen MR) is 95.3 cm³/mol. The van der Waals surface area contributed by atoms with Crippen molar-refractivity contribution in [3.8, 4) is 0 Å². The minimum absolute atomic E-state index is 0.0650. The van der Waals surface area contributed by atoms with Gasteiger partial charge in [-0.25, -0.2) is 0 Å². The molecule has 0 aliphatic carbocycles. The second-order valence-corrected chi connectivity index (χ2v) is 6.63. The van der Waals surface area contributed by atoms with Crippen molar-refractivity contribution in [1.29, 1.82) is 0 Å².